The number of nitrogens with one attached hydrogen (secondary N) is 2. The van der Waals surface area contributed by atoms with Crippen LogP contribution in [0.15, 0.2) is 5.38 Å². The minimum absolute atomic E-state index is 0. The molecule has 0 aromatic carbocycles. The number of amides is 1. The van der Waals surface area contributed by atoms with Gasteiger partial charge < -0.3 is 15.4 Å². The average Bonchev–Trinajstić information content (AvgIpc) is 3.05. The molecule has 2 fully saturated rings. The summed E-state index contributed by atoms with van der Waals surface area (Å²) in [4.78, 5) is 16.7. The maximum absolute atomic E-state index is 11.9. The van der Waals surface area contributed by atoms with Gasteiger partial charge in [0.2, 0.25) is 5.91 Å². The minimum atomic E-state index is -0.345. The van der Waals surface area contributed by atoms with Gasteiger partial charge in [-0.05, 0) is 12.8 Å². The molecule has 1 atom stereocenters. The molecule has 2 aliphatic rings. The summed E-state index contributed by atoms with van der Waals surface area (Å²) in [5, 5.41) is 9.46. The van der Waals surface area contributed by atoms with Crippen LogP contribution < -0.4 is 10.6 Å². The summed E-state index contributed by atoms with van der Waals surface area (Å²) in [6.07, 6.45) is 7.08. The molecule has 24 heavy (non-hydrogen) atoms. The van der Waals surface area contributed by atoms with Gasteiger partial charge in [-0.3, -0.25) is 4.79 Å². The van der Waals surface area contributed by atoms with Crippen LogP contribution in [-0.2, 0) is 16.0 Å². The van der Waals surface area contributed by atoms with Gasteiger partial charge in [-0.25, -0.2) is 4.98 Å². The number of ether oxygens (including phenoxy) is 1. The number of hydrogen-bond donors (Lipinski definition) is 2. The van der Waals surface area contributed by atoms with Crippen LogP contribution in [0.1, 0.15) is 48.7 Å². The van der Waals surface area contributed by atoms with Gasteiger partial charge in [0.15, 0.2) is 0 Å². The molecule has 2 N–H and O–H groups in total. The van der Waals surface area contributed by atoms with Crippen LogP contribution in [0.5, 0.6) is 0 Å². The highest BCUT2D eigenvalue weighted by molar-refractivity contribution is 7.09. The van der Waals surface area contributed by atoms with Crippen molar-refractivity contribution in [1.82, 2.24) is 15.6 Å². The quantitative estimate of drug-likeness (QED) is 0.804. The van der Waals surface area contributed by atoms with E-state index < -0.39 is 0 Å². The van der Waals surface area contributed by atoms with Gasteiger partial charge in [0, 0.05) is 37.4 Å². The lowest BCUT2D eigenvalue weighted by Crippen LogP contribution is -2.48. The highest BCUT2D eigenvalue weighted by Gasteiger charge is 2.21. The SMILES string of the molecule is Cl.Cl.O=C(NCCc1nc(C2CCCCC2)cs1)C1CNCCO1. The van der Waals surface area contributed by atoms with Crippen molar-refractivity contribution in [1.29, 1.82) is 0 Å². The first-order valence-corrected chi connectivity index (χ1v) is 9.25. The normalized spacial score (nSPS) is 21.4. The molecule has 1 saturated heterocycles. The lowest BCUT2D eigenvalue weighted by Gasteiger charge is -2.22. The van der Waals surface area contributed by atoms with Crippen molar-refractivity contribution in [2.45, 2.75) is 50.5 Å². The number of thiazole rings is 1. The van der Waals surface area contributed by atoms with Crippen LogP contribution in [0.2, 0.25) is 0 Å². The van der Waals surface area contributed by atoms with E-state index in [1.54, 1.807) is 11.3 Å². The van der Waals surface area contributed by atoms with E-state index in [0.717, 1.165) is 18.0 Å². The van der Waals surface area contributed by atoms with Gasteiger partial charge in [-0.2, -0.15) is 0 Å². The lowest BCUT2D eigenvalue weighted by atomic mass is 9.87. The number of hydrogen-bond acceptors (Lipinski definition) is 5. The van der Waals surface area contributed by atoms with Crippen molar-refractivity contribution < 1.29 is 9.53 Å². The number of halogens is 2. The molecule has 1 amide bonds. The van der Waals surface area contributed by atoms with Crippen LogP contribution in [0.4, 0.5) is 0 Å². The molecule has 5 nitrogen and oxygen atoms in total. The summed E-state index contributed by atoms with van der Waals surface area (Å²) in [6.45, 7) is 2.67. The van der Waals surface area contributed by atoms with Crippen molar-refractivity contribution in [3.05, 3.63) is 16.1 Å². The van der Waals surface area contributed by atoms with Crippen LogP contribution >= 0.6 is 36.2 Å². The molecule has 8 heteroatoms. The van der Waals surface area contributed by atoms with Crippen LogP contribution in [0.25, 0.3) is 0 Å². The van der Waals surface area contributed by atoms with E-state index in [4.69, 9.17) is 9.72 Å². The van der Waals surface area contributed by atoms with E-state index in [9.17, 15) is 4.79 Å². The van der Waals surface area contributed by atoms with E-state index >= 15 is 0 Å². The Labute approximate surface area is 160 Å². The first-order valence-electron chi connectivity index (χ1n) is 8.37. The maximum atomic E-state index is 11.9. The van der Waals surface area contributed by atoms with E-state index in [2.05, 4.69) is 16.0 Å². The summed E-state index contributed by atoms with van der Waals surface area (Å²) in [5.74, 6) is 0.645. The largest absolute Gasteiger partial charge is 0.366 e. The van der Waals surface area contributed by atoms with Crippen molar-refractivity contribution in [3.8, 4) is 0 Å². The minimum Gasteiger partial charge on any atom is -0.366 e. The standard InChI is InChI=1S/C16H25N3O2S.2ClH/c20-16(14-10-17-8-9-21-14)18-7-6-15-19-13(11-22-15)12-4-2-1-3-5-12;;/h11-12,14,17H,1-10H2,(H,18,20);2*1H. The Morgan fingerprint density at radius 3 is 2.83 bits per heavy atom. The smallest absolute Gasteiger partial charge is 0.250 e. The zero-order valence-electron chi connectivity index (χ0n) is 13.8. The zero-order valence-corrected chi connectivity index (χ0v) is 16.2. The lowest BCUT2D eigenvalue weighted by molar-refractivity contribution is -0.134. The second-order valence-corrected chi connectivity index (χ2v) is 7.05. The predicted molar refractivity (Wildman–Crippen MR) is 102 cm³/mol. The van der Waals surface area contributed by atoms with E-state index in [1.165, 1.54) is 37.8 Å². The first-order chi connectivity index (χ1) is 10.8. The highest BCUT2D eigenvalue weighted by Crippen LogP contribution is 2.33. The second kappa shape index (κ2) is 11.3. The third kappa shape index (κ3) is 6.15. The summed E-state index contributed by atoms with van der Waals surface area (Å²) in [6, 6.07) is 0. The molecule has 1 unspecified atom stereocenters. The van der Waals surface area contributed by atoms with E-state index in [-0.39, 0.29) is 36.8 Å². The molecule has 2 heterocycles. The van der Waals surface area contributed by atoms with Crippen LogP contribution in [0.3, 0.4) is 0 Å². The fourth-order valence-corrected chi connectivity index (χ4v) is 4.05. The summed E-state index contributed by atoms with van der Waals surface area (Å²) >= 11 is 1.72. The number of carbonyl (C=O) groups is 1. The van der Waals surface area contributed by atoms with Crippen LogP contribution in [-0.4, -0.2) is 43.2 Å². The molecule has 1 aromatic heterocycles. The molecule has 0 bridgehead atoms. The van der Waals surface area contributed by atoms with Gasteiger partial charge in [-0.1, -0.05) is 19.3 Å². The van der Waals surface area contributed by atoms with Gasteiger partial charge in [-0.15, -0.1) is 36.2 Å². The zero-order chi connectivity index (χ0) is 15.2. The Kier molecular flexibility index (Phi) is 10.2. The third-order valence-corrected chi connectivity index (χ3v) is 5.38. The van der Waals surface area contributed by atoms with Crippen molar-refractivity contribution in [2.75, 3.05) is 26.2 Å². The van der Waals surface area contributed by atoms with Crippen molar-refractivity contribution >= 4 is 42.1 Å². The highest BCUT2D eigenvalue weighted by atomic mass is 35.5. The Bertz CT molecular complexity index is 489. The molecule has 1 aliphatic carbocycles. The molecule has 0 spiro atoms. The number of morpholine rings is 1. The monoisotopic (exact) mass is 395 g/mol. The fraction of sp³-hybridized carbons (Fsp3) is 0.750. The molecular formula is C16H27Cl2N3O2S. The Morgan fingerprint density at radius 2 is 2.12 bits per heavy atom. The topological polar surface area (TPSA) is 63.2 Å². The Hall–Kier alpha value is -0.400. The summed E-state index contributed by atoms with van der Waals surface area (Å²) in [5.41, 5.74) is 1.27. The van der Waals surface area contributed by atoms with E-state index in [1.807, 2.05) is 0 Å². The number of carbonyl (C=O) groups excluding carboxylic acids is 1. The molecule has 1 aromatic rings. The average molecular weight is 396 g/mol. The third-order valence-electron chi connectivity index (χ3n) is 4.45. The maximum Gasteiger partial charge on any atom is 0.250 e. The molecule has 3 rings (SSSR count). The van der Waals surface area contributed by atoms with Gasteiger partial charge in [0.25, 0.3) is 0 Å². The van der Waals surface area contributed by atoms with E-state index in [0.29, 0.717) is 25.6 Å². The van der Waals surface area contributed by atoms with Gasteiger partial charge in [0.05, 0.1) is 17.3 Å². The molecular weight excluding hydrogens is 369 g/mol. The molecule has 0 radical (unpaired) electrons. The van der Waals surface area contributed by atoms with Gasteiger partial charge >= 0.3 is 0 Å². The van der Waals surface area contributed by atoms with Gasteiger partial charge in [0.1, 0.15) is 6.10 Å². The molecule has 1 aliphatic heterocycles. The number of aromatic nitrogens is 1. The predicted octanol–water partition coefficient (Wildman–Crippen LogP) is 2.68. The van der Waals surface area contributed by atoms with Crippen molar-refractivity contribution in [3.63, 3.8) is 0 Å². The first kappa shape index (κ1) is 21.6. The fourth-order valence-electron chi connectivity index (χ4n) is 3.17. The molecule has 138 valence electrons. The Morgan fingerprint density at radius 1 is 1.33 bits per heavy atom. The van der Waals surface area contributed by atoms with Crippen LogP contribution in [0, 0.1) is 0 Å². The number of nitrogens with zero attached hydrogens (tertiary/aromatic N) is 1. The molecule has 1 saturated carbocycles. The number of rotatable bonds is 5. The summed E-state index contributed by atoms with van der Waals surface area (Å²) in [7, 11) is 0. The second-order valence-electron chi connectivity index (χ2n) is 6.11. The van der Waals surface area contributed by atoms with Crippen molar-refractivity contribution in [2.24, 2.45) is 0 Å². The Balaban J connectivity index is 0.00000144. The summed E-state index contributed by atoms with van der Waals surface area (Å²) < 4.78 is 5.44.